The van der Waals surface area contributed by atoms with Crippen molar-refractivity contribution in [1.29, 1.82) is 5.26 Å². The molecular weight excluding hydrogens is 423 g/mol. The van der Waals surface area contributed by atoms with Gasteiger partial charge in [0.1, 0.15) is 23.9 Å². The second-order valence-corrected chi connectivity index (χ2v) is 7.66. The van der Waals surface area contributed by atoms with Crippen LogP contribution < -0.4 is 4.74 Å². The van der Waals surface area contributed by atoms with Crippen LogP contribution in [0.2, 0.25) is 0 Å². The van der Waals surface area contributed by atoms with Gasteiger partial charge in [-0.1, -0.05) is 13.8 Å². The van der Waals surface area contributed by atoms with E-state index in [1.165, 1.54) is 23.4 Å². The van der Waals surface area contributed by atoms with Crippen LogP contribution in [0.15, 0.2) is 30.6 Å². The fourth-order valence-electron chi connectivity index (χ4n) is 3.23. The fourth-order valence-corrected chi connectivity index (χ4v) is 3.23. The molecule has 10 heteroatoms. The van der Waals surface area contributed by atoms with E-state index in [9.17, 15) is 23.2 Å². The number of rotatable bonds is 6. The van der Waals surface area contributed by atoms with Gasteiger partial charge in [-0.05, 0) is 24.3 Å². The maximum absolute atomic E-state index is 13.7. The first-order valence-electron chi connectivity index (χ1n) is 9.84. The van der Waals surface area contributed by atoms with Gasteiger partial charge >= 0.3 is 6.18 Å². The van der Waals surface area contributed by atoms with Crippen LogP contribution in [0, 0.1) is 17.2 Å². The van der Waals surface area contributed by atoms with Crippen molar-refractivity contribution in [3.63, 3.8) is 0 Å². The molecule has 0 bridgehead atoms. The SMILES string of the molecule is CC(C)C(=O)N(C)CCOc1ccc(-c2cc3c(ncn3C)c(C#N)n2)cc1C(F)(F)F. The maximum Gasteiger partial charge on any atom is 0.419 e. The standard InChI is InChI=1S/C22H22F3N5O2/c1-13(2)21(31)29(3)7-8-32-19-6-5-14(9-15(19)22(23,24)25)16-10-18-20(17(11-26)28-16)27-12-30(18)4/h5-6,9-10,12-13H,7-8H2,1-4H3. The molecule has 0 saturated carbocycles. The topological polar surface area (TPSA) is 84.0 Å². The van der Waals surface area contributed by atoms with Gasteiger partial charge in [-0.15, -0.1) is 0 Å². The predicted octanol–water partition coefficient (Wildman–Crippen LogP) is 4.02. The number of pyridine rings is 1. The average Bonchev–Trinajstić information content (AvgIpc) is 3.12. The zero-order valence-corrected chi connectivity index (χ0v) is 18.1. The minimum Gasteiger partial charge on any atom is -0.491 e. The molecule has 1 aromatic carbocycles. The normalized spacial score (nSPS) is 11.6. The van der Waals surface area contributed by atoms with E-state index >= 15 is 0 Å². The quantitative estimate of drug-likeness (QED) is 0.572. The summed E-state index contributed by atoms with van der Waals surface area (Å²) in [4.78, 5) is 21.6. The number of alkyl halides is 3. The molecule has 0 aliphatic rings. The van der Waals surface area contributed by atoms with E-state index in [2.05, 4.69) is 9.97 Å². The molecule has 2 aromatic heterocycles. The Bertz CT molecular complexity index is 1190. The molecule has 0 radical (unpaired) electrons. The van der Waals surface area contributed by atoms with Gasteiger partial charge in [0.15, 0.2) is 5.69 Å². The number of aromatic nitrogens is 3. The lowest BCUT2D eigenvalue weighted by Gasteiger charge is -2.20. The van der Waals surface area contributed by atoms with Crippen molar-refractivity contribution < 1.29 is 22.7 Å². The molecule has 0 unspecified atom stereocenters. The number of amides is 1. The molecule has 3 aromatic rings. The Morgan fingerprint density at radius 2 is 2.03 bits per heavy atom. The summed E-state index contributed by atoms with van der Waals surface area (Å²) in [6, 6.07) is 7.16. The van der Waals surface area contributed by atoms with Crippen molar-refractivity contribution in [1.82, 2.24) is 19.4 Å². The molecule has 0 spiro atoms. The van der Waals surface area contributed by atoms with E-state index in [-0.39, 0.29) is 47.7 Å². The number of benzene rings is 1. The summed E-state index contributed by atoms with van der Waals surface area (Å²) in [6.07, 6.45) is -3.16. The Hall–Kier alpha value is -3.61. The van der Waals surface area contributed by atoms with Crippen LogP contribution in [0.3, 0.4) is 0 Å². The van der Waals surface area contributed by atoms with Crippen molar-refractivity contribution in [3.05, 3.63) is 41.9 Å². The van der Waals surface area contributed by atoms with Crippen molar-refractivity contribution in [2.45, 2.75) is 20.0 Å². The molecule has 0 fully saturated rings. The minimum atomic E-state index is -4.67. The van der Waals surface area contributed by atoms with Crippen LogP contribution in [0.4, 0.5) is 13.2 Å². The highest BCUT2D eigenvalue weighted by atomic mass is 19.4. The van der Waals surface area contributed by atoms with Crippen LogP contribution in [0.1, 0.15) is 25.1 Å². The van der Waals surface area contributed by atoms with Gasteiger partial charge in [0, 0.05) is 25.6 Å². The van der Waals surface area contributed by atoms with Gasteiger partial charge in [0.05, 0.1) is 29.6 Å². The van der Waals surface area contributed by atoms with E-state index in [1.807, 2.05) is 6.07 Å². The van der Waals surface area contributed by atoms with Crippen LogP contribution >= 0.6 is 0 Å². The Balaban J connectivity index is 1.93. The third-order valence-corrected chi connectivity index (χ3v) is 4.95. The molecule has 0 aliphatic heterocycles. The van der Waals surface area contributed by atoms with Gasteiger partial charge in [0.25, 0.3) is 0 Å². The molecule has 0 aliphatic carbocycles. The number of fused-ring (bicyclic) bond motifs is 1. The lowest BCUT2D eigenvalue weighted by Crippen LogP contribution is -2.33. The van der Waals surface area contributed by atoms with Gasteiger partial charge in [0.2, 0.25) is 5.91 Å². The molecular formula is C22H22F3N5O2. The van der Waals surface area contributed by atoms with Crippen molar-refractivity contribution >= 4 is 16.9 Å². The summed E-state index contributed by atoms with van der Waals surface area (Å²) in [7, 11) is 3.30. The van der Waals surface area contributed by atoms with Crippen LogP contribution in [0.25, 0.3) is 22.3 Å². The summed E-state index contributed by atoms with van der Waals surface area (Å²) < 4.78 is 48.3. The summed E-state index contributed by atoms with van der Waals surface area (Å²) in [5.41, 5.74) is 0.449. The molecule has 168 valence electrons. The zero-order valence-electron chi connectivity index (χ0n) is 18.1. The number of carbonyl (C=O) groups excluding carboxylic acids is 1. The second-order valence-electron chi connectivity index (χ2n) is 7.66. The predicted molar refractivity (Wildman–Crippen MR) is 112 cm³/mol. The Morgan fingerprint density at radius 1 is 1.31 bits per heavy atom. The Morgan fingerprint density at radius 3 is 2.66 bits per heavy atom. The number of halogens is 3. The van der Waals surface area contributed by atoms with Gasteiger partial charge in [-0.2, -0.15) is 18.4 Å². The maximum atomic E-state index is 13.7. The number of aryl methyl sites for hydroxylation is 1. The molecule has 2 heterocycles. The smallest absolute Gasteiger partial charge is 0.419 e. The highest BCUT2D eigenvalue weighted by molar-refractivity contribution is 5.84. The molecule has 7 nitrogen and oxygen atoms in total. The number of imidazole rings is 1. The fraction of sp³-hybridized carbons (Fsp3) is 0.364. The van der Waals surface area contributed by atoms with E-state index < -0.39 is 11.7 Å². The van der Waals surface area contributed by atoms with E-state index in [4.69, 9.17) is 4.74 Å². The number of hydrogen-bond acceptors (Lipinski definition) is 5. The molecule has 0 saturated heterocycles. The first-order chi connectivity index (χ1) is 15.0. The number of nitriles is 1. The largest absolute Gasteiger partial charge is 0.491 e. The van der Waals surface area contributed by atoms with Crippen molar-refractivity contribution in [2.24, 2.45) is 13.0 Å². The first-order valence-corrected chi connectivity index (χ1v) is 9.84. The number of ether oxygens (including phenoxy) is 1. The lowest BCUT2D eigenvalue weighted by atomic mass is 10.1. The van der Waals surface area contributed by atoms with E-state index in [1.54, 1.807) is 38.6 Å². The van der Waals surface area contributed by atoms with Gasteiger partial charge in [-0.3, -0.25) is 4.79 Å². The summed E-state index contributed by atoms with van der Waals surface area (Å²) in [5, 5.41) is 9.37. The molecule has 32 heavy (non-hydrogen) atoms. The molecule has 1 amide bonds. The Kier molecular flexibility index (Phi) is 6.39. The summed E-state index contributed by atoms with van der Waals surface area (Å²) >= 11 is 0. The number of carbonyl (C=O) groups is 1. The number of likely N-dealkylation sites (N-methyl/N-ethyl adjacent to an activating group) is 1. The molecule has 0 N–H and O–H groups in total. The highest BCUT2D eigenvalue weighted by Crippen LogP contribution is 2.39. The number of hydrogen-bond donors (Lipinski definition) is 0. The van der Waals surface area contributed by atoms with Crippen LogP contribution in [-0.2, 0) is 18.0 Å². The molecule has 0 atom stereocenters. The number of nitrogens with zero attached hydrogens (tertiary/aromatic N) is 5. The zero-order chi connectivity index (χ0) is 23.6. The lowest BCUT2D eigenvalue weighted by molar-refractivity contribution is -0.139. The summed E-state index contributed by atoms with van der Waals surface area (Å²) in [5.74, 6) is -0.675. The van der Waals surface area contributed by atoms with Crippen molar-refractivity contribution in [3.8, 4) is 23.1 Å². The van der Waals surface area contributed by atoms with Gasteiger partial charge in [-0.25, -0.2) is 9.97 Å². The average molecular weight is 445 g/mol. The Labute approximate surface area is 183 Å². The first kappa shape index (κ1) is 23.1. The second kappa shape index (κ2) is 8.86. The van der Waals surface area contributed by atoms with E-state index in [0.717, 1.165) is 6.07 Å². The highest BCUT2D eigenvalue weighted by Gasteiger charge is 2.35. The minimum absolute atomic E-state index is 0.0323. The van der Waals surface area contributed by atoms with Crippen LogP contribution in [-0.4, -0.2) is 45.5 Å². The molecule has 3 rings (SSSR count). The van der Waals surface area contributed by atoms with E-state index in [0.29, 0.717) is 11.0 Å². The summed E-state index contributed by atoms with van der Waals surface area (Å²) in [6.45, 7) is 3.55. The van der Waals surface area contributed by atoms with Crippen molar-refractivity contribution in [2.75, 3.05) is 20.2 Å². The van der Waals surface area contributed by atoms with Crippen LogP contribution in [0.5, 0.6) is 5.75 Å². The third-order valence-electron chi connectivity index (χ3n) is 4.95. The third kappa shape index (κ3) is 4.66. The van der Waals surface area contributed by atoms with Gasteiger partial charge < -0.3 is 14.2 Å². The monoisotopic (exact) mass is 445 g/mol.